The molecule has 1 atom stereocenters. The van der Waals surface area contributed by atoms with Crippen molar-refractivity contribution in [3.63, 3.8) is 0 Å². The quantitative estimate of drug-likeness (QED) is 0.502. The highest BCUT2D eigenvalue weighted by atomic mass is 16.2. The van der Waals surface area contributed by atoms with E-state index in [0.29, 0.717) is 22.8 Å². The highest BCUT2D eigenvalue weighted by Gasteiger charge is 2.20. The number of amides is 1. The maximum absolute atomic E-state index is 13.1. The lowest BCUT2D eigenvalue weighted by Crippen LogP contribution is -2.34. The molecule has 168 valence electrons. The number of aryl methyl sites for hydroxylation is 3. The lowest BCUT2D eigenvalue weighted by molar-refractivity contribution is -0.119. The zero-order valence-corrected chi connectivity index (χ0v) is 18.7. The molecule has 3 heterocycles. The third kappa shape index (κ3) is 4.36. The summed E-state index contributed by atoms with van der Waals surface area (Å²) < 4.78 is 3.98. The third-order valence-electron chi connectivity index (χ3n) is 5.21. The zero-order chi connectivity index (χ0) is 23.7. The number of nitrogens with one attached hydrogen (secondary N) is 1. The summed E-state index contributed by atoms with van der Waals surface area (Å²) in [7, 11) is 1.56. The van der Waals surface area contributed by atoms with E-state index < -0.39 is 17.5 Å². The molecule has 0 saturated carbocycles. The second kappa shape index (κ2) is 8.65. The summed E-state index contributed by atoms with van der Waals surface area (Å²) in [5.74, 6) is 0.0158. The fourth-order valence-corrected chi connectivity index (χ4v) is 3.48. The van der Waals surface area contributed by atoms with Crippen LogP contribution in [0.3, 0.4) is 0 Å². The predicted octanol–water partition coefficient (Wildman–Crippen LogP) is 2.01. The van der Waals surface area contributed by atoms with Crippen LogP contribution in [0.15, 0.2) is 64.2 Å². The molecule has 0 aliphatic carbocycles. The smallest absolute Gasteiger partial charge is 0.267 e. The summed E-state index contributed by atoms with van der Waals surface area (Å²) in [5, 5.41) is 15.9. The van der Waals surface area contributed by atoms with Crippen LogP contribution in [0.4, 0.5) is 5.69 Å². The number of carbonyl (C=O) groups excluding carboxylic acids is 1. The van der Waals surface area contributed by atoms with Crippen molar-refractivity contribution in [2.24, 2.45) is 7.05 Å². The number of aromatic nitrogens is 6. The van der Waals surface area contributed by atoms with Crippen LogP contribution < -0.4 is 16.4 Å². The molecule has 1 aromatic carbocycles. The van der Waals surface area contributed by atoms with Crippen molar-refractivity contribution >= 4 is 11.6 Å². The number of rotatable bonds is 5. The van der Waals surface area contributed by atoms with E-state index in [1.807, 2.05) is 26.0 Å². The van der Waals surface area contributed by atoms with Gasteiger partial charge in [-0.15, -0.1) is 5.10 Å². The average Bonchev–Trinajstić information content (AvgIpc) is 3.13. The van der Waals surface area contributed by atoms with Gasteiger partial charge in [-0.3, -0.25) is 14.4 Å². The van der Waals surface area contributed by atoms with Gasteiger partial charge in [-0.25, -0.2) is 14.0 Å². The number of carbonyl (C=O) groups is 1. The minimum absolute atomic E-state index is 0.234. The molecule has 0 aliphatic rings. The maximum atomic E-state index is 13.1. The molecular weight excluding hydrogens is 422 g/mol. The first-order valence-electron chi connectivity index (χ1n) is 10.3. The Morgan fingerprint density at radius 1 is 0.939 bits per heavy atom. The number of benzene rings is 1. The van der Waals surface area contributed by atoms with Crippen molar-refractivity contribution in [3.05, 3.63) is 86.7 Å². The summed E-state index contributed by atoms with van der Waals surface area (Å²) >= 11 is 0. The third-order valence-corrected chi connectivity index (χ3v) is 5.21. The van der Waals surface area contributed by atoms with Gasteiger partial charge in [0.2, 0.25) is 5.91 Å². The molecule has 0 fully saturated rings. The van der Waals surface area contributed by atoms with Crippen LogP contribution >= 0.6 is 0 Å². The van der Waals surface area contributed by atoms with E-state index in [1.54, 1.807) is 49.0 Å². The molecule has 0 aliphatic heterocycles. The molecule has 1 unspecified atom stereocenters. The van der Waals surface area contributed by atoms with Gasteiger partial charge in [0, 0.05) is 30.4 Å². The van der Waals surface area contributed by atoms with Crippen LogP contribution in [0.2, 0.25) is 0 Å². The molecule has 10 heteroatoms. The van der Waals surface area contributed by atoms with Gasteiger partial charge in [0.15, 0.2) is 5.82 Å². The second-order valence-corrected chi connectivity index (χ2v) is 7.70. The van der Waals surface area contributed by atoms with Crippen LogP contribution in [-0.2, 0) is 11.8 Å². The van der Waals surface area contributed by atoms with Crippen LogP contribution in [0.25, 0.3) is 17.1 Å². The van der Waals surface area contributed by atoms with Crippen LogP contribution in [0, 0.1) is 13.8 Å². The number of para-hydroxylation sites is 1. The van der Waals surface area contributed by atoms with E-state index in [0.717, 1.165) is 16.1 Å². The Hall–Kier alpha value is -4.34. The van der Waals surface area contributed by atoms with E-state index in [2.05, 4.69) is 20.6 Å². The molecule has 1 N–H and O–H groups in total. The van der Waals surface area contributed by atoms with E-state index in [4.69, 9.17) is 0 Å². The average molecular weight is 445 g/mol. The summed E-state index contributed by atoms with van der Waals surface area (Å²) in [5.41, 5.74) is 2.72. The van der Waals surface area contributed by atoms with E-state index in [-0.39, 0.29) is 5.56 Å². The van der Waals surface area contributed by atoms with E-state index in [1.165, 1.54) is 16.8 Å². The van der Waals surface area contributed by atoms with E-state index in [9.17, 15) is 14.4 Å². The minimum Gasteiger partial charge on any atom is -0.324 e. The van der Waals surface area contributed by atoms with Crippen molar-refractivity contribution < 1.29 is 4.79 Å². The van der Waals surface area contributed by atoms with Crippen molar-refractivity contribution in [2.45, 2.75) is 26.8 Å². The van der Waals surface area contributed by atoms with Crippen LogP contribution in [0.5, 0.6) is 0 Å². The Bertz CT molecular complexity index is 1470. The number of anilines is 1. The number of hydrogen-bond acceptors (Lipinski definition) is 6. The van der Waals surface area contributed by atoms with Gasteiger partial charge < -0.3 is 5.32 Å². The molecule has 0 radical (unpaired) electrons. The molecule has 0 spiro atoms. The van der Waals surface area contributed by atoms with Gasteiger partial charge in [-0.1, -0.05) is 18.2 Å². The summed E-state index contributed by atoms with van der Waals surface area (Å²) in [6, 6.07) is 14.1. The lowest BCUT2D eigenvalue weighted by Gasteiger charge is -2.17. The van der Waals surface area contributed by atoms with Gasteiger partial charge in [0.05, 0.1) is 17.1 Å². The van der Waals surface area contributed by atoms with Gasteiger partial charge in [0.25, 0.3) is 11.1 Å². The SMILES string of the molecule is Cc1cc(C)n(-c2ccc(=O)n(C(C)C(=O)Nc3ccccc3-c3ccc(=O)n(C)n3)n2)n1. The lowest BCUT2D eigenvalue weighted by atomic mass is 10.1. The number of nitrogens with zero attached hydrogens (tertiary/aromatic N) is 6. The monoisotopic (exact) mass is 445 g/mol. The summed E-state index contributed by atoms with van der Waals surface area (Å²) in [4.78, 5) is 37.3. The highest BCUT2D eigenvalue weighted by molar-refractivity contribution is 5.97. The normalized spacial score (nSPS) is 11.9. The Labute approximate surface area is 189 Å². The molecular formula is C23H23N7O3. The molecule has 1 amide bonds. The first-order chi connectivity index (χ1) is 15.7. The predicted molar refractivity (Wildman–Crippen MR) is 123 cm³/mol. The Morgan fingerprint density at radius 2 is 1.67 bits per heavy atom. The highest BCUT2D eigenvalue weighted by Crippen LogP contribution is 2.26. The largest absolute Gasteiger partial charge is 0.324 e. The van der Waals surface area contributed by atoms with Crippen LogP contribution in [-0.4, -0.2) is 35.2 Å². The molecule has 10 nitrogen and oxygen atoms in total. The van der Waals surface area contributed by atoms with Crippen molar-refractivity contribution in [2.75, 3.05) is 5.32 Å². The first kappa shape index (κ1) is 21.9. The maximum Gasteiger partial charge on any atom is 0.267 e. The number of hydrogen-bond donors (Lipinski definition) is 1. The minimum atomic E-state index is -0.893. The Kier molecular flexibility index (Phi) is 5.74. The molecule has 4 rings (SSSR count). The summed E-state index contributed by atoms with van der Waals surface area (Å²) in [6.07, 6.45) is 0. The fourth-order valence-electron chi connectivity index (χ4n) is 3.48. The zero-order valence-electron chi connectivity index (χ0n) is 18.7. The molecule has 0 saturated heterocycles. The van der Waals surface area contributed by atoms with Crippen LogP contribution in [0.1, 0.15) is 24.4 Å². The van der Waals surface area contributed by atoms with Gasteiger partial charge >= 0.3 is 0 Å². The summed E-state index contributed by atoms with van der Waals surface area (Å²) in [6.45, 7) is 5.35. The van der Waals surface area contributed by atoms with Gasteiger partial charge in [0.1, 0.15) is 6.04 Å². The molecule has 0 bridgehead atoms. The molecule has 33 heavy (non-hydrogen) atoms. The van der Waals surface area contributed by atoms with Crippen molar-refractivity contribution in [3.8, 4) is 17.1 Å². The van der Waals surface area contributed by atoms with Gasteiger partial charge in [-0.2, -0.15) is 10.2 Å². The van der Waals surface area contributed by atoms with Gasteiger partial charge in [-0.05, 0) is 45.0 Å². The topological polar surface area (TPSA) is 117 Å². The Balaban J connectivity index is 1.65. The fraction of sp³-hybridized carbons (Fsp3) is 0.217. The van der Waals surface area contributed by atoms with Crippen molar-refractivity contribution in [1.29, 1.82) is 0 Å². The van der Waals surface area contributed by atoms with E-state index >= 15 is 0 Å². The first-order valence-corrected chi connectivity index (χ1v) is 10.3. The molecule has 4 aromatic rings. The Morgan fingerprint density at radius 3 is 2.36 bits per heavy atom. The second-order valence-electron chi connectivity index (χ2n) is 7.70. The van der Waals surface area contributed by atoms with Crippen molar-refractivity contribution in [1.82, 2.24) is 29.3 Å². The standard InChI is InChI=1S/C23H23N7O3/c1-14-13-15(2)29(25-14)20-10-12-22(32)30(27-20)16(3)23(33)24-18-8-6-5-7-17(18)19-9-11-21(31)28(4)26-19/h5-13,16H,1-4H3,(H,24,33). The molecule has 3 aromatic heterocycles.